The van der Waals surface area contributed by atoms with Crippen molar-refractivity contribution >= 4 is 15.7 Å². The molecule has 1 aliphatic rings. The van der Waals surface area contributed by atoms with Crippen molar-refractivity contribution in [1.29, 1.82) is 0 Å². The summed E-state index contributed by atoms with van der Waals surface area (Å²) in [6.45, 7) is 5.09. The first kappa shape index (κ1) is 17.0. The lowest BCUT2D eigenvalue weighted by atomic mass is 10.1. The van der Waals surface area contributed by atoms with Crippen LogP contribution in [0.15, 0.2) is 18.2 Å². The van der Waals surface area contributed by atoms with Crippen molar-refractivity contribution in [1.82, 2.24) is 10.2 Å². The van der Waals surface area contributed by atoms with Gasteiger partial charge in [-0.1, -0.05) is 23.8 Å². The highest BCUT2D eigenvalue weighted by Gasteiger charge is 2.28. The van der Waals surface area contributed by atoms with E-state index in [0.717, 1.165) is 0 Å². The molecule has 22 heavy (non-hydrogen) atoms. The van der Waals surface area contributed by atoms with Crippen LogP contribution in [0.2, 0.25) is 0 Å². The number of hydrogen-bond acceptors (Lipinski definition) is 4. The summed E-state index contributed by atoms with van der Waals surface area (Å²) in [6.07, 6.45) is 0.523. The second-order valence-electron chi connectivity index (χ2n) is 6.27. The molecule has 0 radical (unpaired) electrons. The third-order valence-electron chi connectivity index (χ3n) is 3.95. The second kappa shape index (κ2) is 6.79. The van der Waals surface area contributed by atoms with Gasteiger partial charge in [0.25, 0.3) is 0 Å². The minimum atomic E-state index is -2.96. The van der Waals surface area contributed by atoms with E-state index < -0.39 is 9.84 Å². The molecule has 0 saturated carbocycles. The van der Waals surface area contributed by atoms with Gasteiger partial charge in [0.15, 0.2) is 9.84 Å². The van der Waals surface area contributed by atoms with Crippen LogP contribution in [-0.2, 0) is 21.2 Å². The fourth-order valence-electron chi connectivity index (χ4n) is 2.80. The van der Waals surface area contributed by atoms with Crippen LogP contribution in [0, 0.1) is 13.8 Å². The molecular weight excluding hydrogens is 300 g/mol. The van der Waals surface area contributed by atoms with E-state index in [-0.39, 0.29) is 30.0 Å². The van der Waals surface area contributed by atoms with Crippen LogP contribution in [0.25, 0.3) is 0 Å². The van der Waals surface area contributed by atoms with Gasteiger partial charge >= 0.3 is 0 Å². The molecule has 1 fully saturated rings. The highest BCUT2D eigenvalue weighted by molar-refractivity contribution is 7.91. The molecule has 1 aromatic rings. The number of rotatable bonds is 5. The Morgan fingerprint density at radius 3 is 2.68 bits per heavy atom. The SMILES string of the molecule is Cc1ccc(CN(C)CC(=O)NC2CCS(=O)(=O)C2)c(C)c1. The summed E-state index contributed by atoms with van der Waals surface area (Å²) >= 11 is 0. The Hall–Kier alpha value is -1.40. The topological polar surface area (TPSA) is 66.5 Å². The van der Waals surface area contributed by atoms with E-state index in [1.165, 1.54) is 16.7 Å². The monoisotopic (exact) mass is 324 g/mol. The molecule has 1 amide bonds. The van der Waals surface area contributed by atoms with Crippen molar-refractivity contribution in [3.63, 3.8) is 0 Å². The van der Waals surface area contributed by atoms with Crippen molar-refractivity contribution < 1.29 is 13.2 Å². The number of amides is 1. The molecule has 1 aliphatic heterocycles. The standard InChI is InChI=1S/C16H24N2O3S/c1-12-4-5-14(13(2)8-12)9-18(3)10-16(19)17-15-6-7-22(20,21)11-15/h4-5,8,15H,6-7,9-11H2,1-3H3,(H,17,19). The summed E-state index contributed by atoms with van der Waals surface area (Å²) in [5.74, 6) is 0.130. The van der Waals surface area contributed by atoms with Gasteiger partial charge in [-0.15, -0.1) is 0 Å². The maximum atomic E-state index is 12.0. The molecular formula is C16H24N2O3S. The number of carbonyl (C=O) groups is 1. The van der Waals surface area contributed by atoms with Crippen molar-refractivity contribution in [2.24, 2.45) is 0 Å². The van der Waals surface area contributed by atoms with E-state index in [4.69, 9.17) is 0 Å². The molecule has 0 aromatic heterocycles. The summed E-state index contributed by atoms with van der Waals surface area (Å²) in [6, 6.07) is 6.06. The van der Waals surface area contributed by atoms with Gasteiger partial charge in [0.1, 0.15) is 0 Å². The maximum Gasteiger partial charge on any atom is 0.234 e. The fraction of sp³-hybridized carbons (Fsp3) is 0.562. The van der Waals surface area contributed by atoms with Crippen molar-refractivity contribution in [2.75, 3.05) is 25.1 Å². The van der Waals surface area contributed by atoms with E-state index in [1.807, 2.05) is 11.9 Å². The molecule has 0 spiro atoms. The molecule has 1 unspecified atom stereocenters. The predicted molar refractivity (Wildman–Crippen MR) is 87.5 cm³/mol. The molecule has 5 nitrogen and oxygen atoms in total. The zero-order valence-corrected chi connectivity index (χ0v) is 14.2. The van der Waals surface area contributed by atoms with Crippen molar-refractivity contribution in [3.05, 3.63) is 34.9 Å². The Labute approximate surface area is 132 Å². The summed E-state index contributed by atoms with van der Waals surface area (Å²) in [7, 11) is -1.06. The number of likely N-dealkylation sites (N-methyl/N-ethyl adjacent to an activating group) is 1. The van der Waals surface area contributed by atoms with Gasteiger partial charge in [0.2, 0.25) is 5.91 Å². The van der Waals surface area contributed by atoms with Gasteiger partial charge < -0.3 is 5.32 Å². The van der Waals surface area contributed by atoms with Gasteiger partial charge in [0, 0.05) is 12.6 Å². The predicted octanol–water partition coefficient (Wildman–Crippen LogP) is 1.04. The summed E-state index contributed by atoms with van der Waals surface area (Å²) in [5, 5.41) is 2.82. The lowest BCUT2D eigenvalue weighted by Crippen LogP contribution is -2.41. The molecule has 0 aliphatic carbocycles. The summed E-state index contributed by atoms with van der Waals surface area (Å²) in [5.41, 5.74) is 3.64. The highest BCUT2D eigenvalue weighted by Crippen LogP contribution is 2.13. The Balaban J connectivity index is 1.84. The summed E-state index contributed by atoms with van der Waals surface area (Å²) in [4.78, 5) is 13.9. The number of aryl methyl sites for hydroxylation is 2. The normalized spacial score (nSPS) is 20.3. The quantitative estimate of drug-likeness (QED) is 0.879. The van der Waals surface area contributed by atoms with E-state index >= 15 is 0 Å². The van der Waals surface area contributed by atoms with Crippen LogP contribution < -0.4 is 5.32 Å². The fourth-order valence-corrected chi connectivity index (χ4v) is 4.47. The van der Waals surface area contributed by atoms with E-state index in [2.05, 4.69) is 37.4 Å². The maximum absolute atomic E-state index is 12.0. The highest BCUT2D eigenvalue weighted by atomic mass is 32.2. The number of nitrogens with zero attached hydrogens (tertiary/aromatic N) is 1. The number of carbonyl (C=O) groups excluding carboxylic acids is 1. The molecule has 1 N–H and O–H groups in total. The zero-order chi connectivity index (χ0) is 16.3. The first-order valence-corrected chi connectivity index (χ1v) is 9.32. The summed E-state index contributed by atoms with van der Waals surface area (Å²) < 4.78 is 22.8. The van der Waals surface area contributed by atoms with Gasteiger partial charge in [-0.25, -0.2) is 8.42 Å². The van der Waals surface area contributed by atoms with E-state index in [9.17, 15) is 13.2 Å². The Bertz CT molecular complexity index is 655. The van der Waals surface area contributed by atoms with Gasteiger partial charge in [-0.3, -0.25) is 9.69 Å². The average molecular weight is 324 g/mol. The smallest absolute Gasteiger partial charge is 0.234 e. The van der Waals surface area contributed by atoms with Gasteiger partial charge in [-0.05, 0) is 38.4 Å². The molecule has 122 valence electrons. The number of benzene rings is 1. The lowest BCUT2D eigenvalue weighted by molar-refractivity contribution is -0.122. The largest absolute Gasteiger partial charge is 0.351 e. The van der Waals surface area contributed by atoms with Crippen LogP contribution in [0.3, 0.4) is 0 Å². The van der Waals surface area contributed by atoms with Crippen molar-refractivity contribution in [3.8, 4) is 0 Å². The van der Waals surface area contributed by atoms with E-state index in [1.54, 1.807) is 0 Å². The first-order valence-electron chi connectivity index (χ1n) is 7.49. The minimum Gasteiger partial charge on any atom is -0.351 e. The zero-order valence-electron chi connectivity index (χ0n) is 13.4. The number of nitrogens with one attached hydrogen (secondary N) is 1. The Kier molecular flexibility index (Phi) is 5.24. The molecule has 2 rings (SSSR count). The van der Waals surface area contributed by atoms with Crippen LogP contribution in [0.5, 0.6) is 0 Å². The first-order chi connectivity index (χ1) is 10.2. The molecule has 1 heterocycles. The Morgan fingerprint density at radius 1 is 1.36 bits per heavy atom. The van der Waals surface area contributed by atoms with E-state index in [0.29, 0.717) is 13.0 Å². The average Bonchev–Trinajstić information content (AvgIpc) is 2.71. The molecule has 1 atom stereocenters. The van der Waals surface area contributed by atoms with Gasteiger partial charge in [-0.2, -0.15) is 0 Å². The molecule has 0 bridgehead atoms. The number of sulfone groups is 1. The number of hydrogen-bond donors (Lipinski definition) is 1. The molecule has 1 saturated heterocycles. The minimum absolute atomic E-state index is 0.0690. The third-order valence-corrected chi connectivity index (χ3v) is 5.72. The third kappa shape index (κ3) is 4.81. The Morgan fingerprint density at radius 2 is 2.09 bits per heavy atom. The second-order valence-corrected chi connectivity index (χ2v) is 8.50. The van der Waals surface area contributed by atoms with Crippen molar-refractivity contribution in [2.45, 2.75) is 32.9 Å². The van der Waals surface area contributed by atoms with Gasteiger partial charge in [0.05, 0.1) is 18.1 Å². The van der Waals surface area contributed by atoms with Crippen LogP contribution in [0.4, 0.5) is 0 Å². The van der Waals surface area contributed by atoms with Crippen LogP contribution in [-0.4, -0.2) is 50.4 Å². The van der Waals surface area contributed by atoms with Crippen LogP contribution in [0.1, 0.15) is 23.1 Å². The van der Waals surface area contributed by atoms with Crippen LogP contribution >= 0.6 is 0 Å². The lowest BCUT2D eigenvalue weighted by Gasteiger charge is -2.19. The molecule has 6 heteroatoms. The molecule has 1 aromatic carbocycles.